The van der Waals surface area contributed by atoms with Gasteiger partial charge >= 0.3 is 0 Å². The average Bonchev–Trinajstić information content (AvgIpc) is 3.70. The van der Waals surface area contributed by atoms with E-state index in [0.717, 1.165) is 54.1 Å². The summed E-state index contributed by atoms with van der Waals surface area (Å²) in [7, 11) is 4.38. The number of carbonyl (C=O) groups is 2. The number of likely N-dealkylation sites (N-methyl/N-ethyl adjacent to an activating group) is 1. The summed E-state index contributed by atoms with van der Waals surface area (Å²) in [6.45, 7) is 4.90. The zero-order valence-electron chi connectivity index (χ0n) is 23.4. The fourth-order valence-electron chi connectivity index (χ4n) is 5.63. The lowest BCUT2D eigenvalue weighted by Gasteiger charge is -2.39. The predicted molar refractivity (Wildman–Crippen MR) is 166 cm³/mol. The van der Waals surface area contributed by atoms with Gasteiger partial charge in [0.15, 0.2) is 5.75 Å². The van der Waals surface area contributed by atoms with E-state index >= 15 is 0 Å². The van der Waals surface area contributed by atoms with Crippen LogP contribution in [0.1, 0.15) is 34.5 Å². The Morgan fingerprint density at radius 3 is 2.41 bits per heavy atom. The normalized spacial score (nSPS) is 18.3. The highest BCUT2D eigenvalue weighted by Crippen LogP contribution is 2.42. The molecule has 2 aliphatic heterocycles. The number of hydrogen-bond acceptors (Lipinski definition) is 5. The maximum Gasteiger partial charge on any atom is 0.272 e. The van der Waals surface area contributed by atoms with E-state index in [9.17, 15) is 9.59 Å². The SMILES string of the molecule is C[N+]1(C)CCN(C(=O)CCc2cc(Cl)c(Oc3ccsc3C(=O)N3CCN(C4CC4)c4ccccc43)cc2Cl)CC1. The maximum atomic E-state index is 13.8. The number of quaternary nitrogens is 1. The van der Waals surface area contributed by atoms with Gasteiger partial charge in [0.05, 0.1) is 56.7 Å². The molecule has 1 saturated carbocycles. The first-order valence-corrected chi connectivity index (χ1v) is 15.8. The van der Waals surface area contributed by atoms with Gasteiger partial charge in [-0.3, -0.25) is 9.59 Å². The smallest absolute Gasteiger partial charge is 0.272 e. The Kier molecular flexibility index (Phi) is 7.94. The number of halogens is 2. The third-order valence-electron chi connectivity index (χ3n) is 8.33. The largest absolute Gasteiger partial charge is 0.454 e. The number of fused-ring (bicyclic) bond motifs is 1. The molecule has 0 atom stereocenters. The van der Waals surface area contributed by atoms with Crippen LogP contribution in [0.15, 0.2) is 47.8 Å². The van der Waals surface area contributed by atoms with Crippen LogP contribution in [-0.2, 0) is 11.2 Å². The molecule has 3 heterocycles. The second-order valence-electron chi connectivity index (χ2n) is 11.7. The fourth-order valence-corrected chi connectivity index (χ4v) is 6.87. The molecule has 216 valence electrons. The van der Waals surface area contributed by atoms with Gasteiger partial charge in [-0.25, -0.2) is 0 Å². The first kappa shape index (κ1) is 28.3. The summed E-state index contributed by atoms with van der Waals surface area (Å²) in [6.07, 6.45) is 3.29. The summed E-state index contributed by atoms with van der Waals surface area (Å²) in [6, 6.07) is 13.9. The topological polar surface area (TPSA) is 53.1 Å². The molecule has 0 unspecified atom stereocenters. The molecular formula is C31H35Cl2N4O3S+. The van der Waals surface area contributed by atoms with Crippen LogP contribution in [-0.4, -0.2) is 80.6 Å². The number of piperazine rings is 1. The number of benzene rings is 2. The third kappa shape index (κ3) is 6.07. The molecule has 1 saturated heterocycles. The van der Waals surface area contributed by atoms with Crippen LogP contribution in [0.5, 0.6) is 11.5 Å². The van der Waals surface area contributed by atoms with E-state index in [2.05, 4.69) is 25.1 Å². The Labute approximate surface area is 255 Å². The Hall–Kier alpha value is -2.78. The van der Waals surface area contributed by atoms with Crippen LogP contribution < -0.4 is 14.5 Å². The molecule has 6 rings (SSSR count). The lowest BCUT2D eigenvalue weighted by molar-refractivity contribution is -0.894. The summed E-state index contributed by atoms with van der Waals surface area (Å²) in [5, 5.41) is 2.73. The van der Waals surface area contributed by atoms with E-state index in [1.54, 1.807) is 18.2 Å². The van der Waals surface area contributed by atoms with E-state index in [0.29, 0.717) is 51.8 Å². The summed E-state index contributed by atoms with van der Waals surface area (Å²) < 4.78 is 7.12. The number of anilines is 2. The molecule has 3 aliphatic rings. The Morgan fingerprint density at radius 2 is 1.68 bits per heavy atom. The number of aryl methyl sites for hydroxylation is 1. The van der Waals surface area contributed by atoms with Gasteiger partial charge < -0.3 is 23.9 Å². The van der Waals surface area contributed by atoms with Crippen LogP contribution in [0.25, 0.3) is 0 Å². The van der Waals surface area contributed by atoms with Gasteiger partial charge in [0.1, 0.15) is 10.6 Å². The zero-order valence-corrected chi connectivity index (χ0v) is 25.8. The van der Waals surface area contributed by atoms with Crippen LogP contribution in [0.2, 0.25) is 10.0 Å². The first-order valence-electron chi connectivity index (χ1n) is 14.2. The molecule has 3 aromatic rings. The van der Waals surface area contributed by atoms with Crippen LogP contribution in [0, 0.1) is 0 Å². The van der Waals surface area contributed by atoms with Gasteiger partial charge in [-0.05, 0) is 54.5 Å². The Morgan fingerprint density at radius 1 is 0.951 bits per heavy atom. The van der Waals surface area contributed by atoms with Crippen LogP contribution in [0.4, 0.5) is 11.4 Å². The molecule has 1 aromatic heterocycles. The molecule has 7 nitrogen and oxygen atoms in total. The van der Waals surface area contributed by atoms with Crippen molar-refractivity contribution in [2.24, 2.45) is 0 Å². The van der Waals surface area contributed by atoms with Crippen molar-refractivity contribution in [3.63, 3.8) is 0 Å². The number of amides is 2. The third-order valence-corrected chi connectivity index (χ3v) is 9.87. The van der Waals surface area contributed by atoms with Gasteiger partial charge in [-0.1, -0.05) is 35.3 Å². The molecule has 10 heteroatoms. The molecule has 0 spiro atoms. The average molecular weight is 615 g/mol. The number of carbonyl (C=O) groups excluding carboxylic acids is 2. The molecular weight excluding hydrogens is 579 g/mol. The molecule has 41 heavy (non-hydrogen) atoms. The summed E-state index contributed by atoms with van der Waals surface area (Å²) in [4.78, 5) is 33.3. The molecule has 2 amide bonds. The maximum absolute atomic E-state index is 13.8. The first-order chi connectivity index (χ1) is 19.7. The van der Waals surface area contributed by atoms with Gasteiger partial charge in [0.25, 0.3) is 5.91 Å². The van der Waals surface area contributed by atoms with Crippen molar-refractivity contribution in [1.82, 2.24) is 4.90 Å². The van der Waals surface area contributed by atoms with E-state index < -0.39 is 0 Å². The van der Waals surface area contributed by atoms with Crippen molar-refractivity contribution in [2.75, 3.05) is 63.2 Å². The minimum absolute atomic E-state index is 0.0878. The van der Waals surface area contributed by atoms with Crippen molar-refractivity contribution in [1.29, 1.82) is 0 Å². The number of hydrogen-bond donors (Lipinski definition) is 0. The van der Waals surface area contributed by atoms with Crippen molar-refractivity contribution in [2.45, 2.75) is 31.7 Å². The zero-order chi connectivity index (χ0) is 28.7. The van der Waals surface area contributed by atoms with E-state index in [4.69, 9.17) is 27.9 Å². The standard InChI is InChI=1S/C31H35Cl2N4O3S/c1-37(2)16-14-34(15-17-37)29(38)10-7-21-19-24(33)28(20-23(21)32)40-27-11-18-41-30(27)31(39)36-13-12-35(22-8-9-22)25-5-3-4-6-26(25)36/h3-6,11,18-20,22H,7-10,12-17H2,1-2H3/q+1. The fraction of sp³-hybridized carbons (Fsp3) is 0.419. The second-order valence-corrected chi connectivity index (χ2v) is 13.5. The molecule has 0 N–H and O–H groups in total. The lowest BCUT2D eigenvalue weighted by Crippen LogP contribution is -2.56. The summed E-state index contributed by atoms with van der Waals surface area (Å²) >= 11 is 14.6. The number of thiophene rings is 1. The van der Waals surface area contributed by atoms with Crippen LogP contribution >= 0.6 is 34.5 Å². The van der Waals surface area contributed by atoms with Crippen molar-refractivity contribution in [3.05, 3.63) is 68.3 Å². The molecule has 1 aliphatic carbocycles. The highest BCUT2D eigenvalue weighted by atomic mass is 35.5. The molecule has 0 radical (unpaired) electrons. The molecule has 2 aromatic carbocycles. The minimum Gasteiger partial charge on any atom is -0.454 e. The van der Waals surface area contributed by atoms with Crippen molar-refractivity contribution >= 4 is 57.7 Å². The Balaban J connectivity index is 1.14. The van der Waals surface area contributed by atoms with E-state index in [1.165, 1.54) is 24.2 Å². The second kappa shape index (κ2) is 11.5. The number of rotatable bonds is 7. The monoisotopic (exact) mass is 613 g/mol. The van der Waals surface area contributed by atoms with Crippen molar-refractivity contribution in [3.8, 4) is 11.5 Å². The highest BCUT2D eigenvalue weighted by Gasteiger charge is 2.36. The Bertz CT molecular complexity index is 1460. The quantitative estimate of drug-likeness (QED) is 0.292. The minimum atomic E-state index is -0.0878. The summed E-state index contributed by atoms with van der Waals surface area (Å²) in [5.74, 6) is 0.886. The number of para-hydroxylation sites is 2. The summed E-state index contributed by atoms with van der Waals surface area (Å²) in [5.41, 5.74) is 2.85. The number of ether oxygens (including phenoxy) is 1. The highest BCUT2D eigenvalue weighted by molar-refractivity contribution is 7.12. The molecule has 2 fully saturated rings. The molecule has 0 bridgehead atoms. The van der Waals surface area contributed by atoms with E-state index in [-0.39, 0.29) is 11.8 Å². The van der Waals surface area contributed by atoms with Gasteiger partial charge in [0.2, 0.25) is 5.91 Å². The van der Waals surface area contributed by atoms with Crippen molar-refractivity contribution < 1.29 is 18.8 Å². The van der Waals surface area contributed by atoms with Gasteiger partial charge in [-0.15, -0.1) is 11.3 Å². The van der Waals surface area contributed by atoms with Crippen LogP contribution in [0.3, 0.4) is 0 Å². The van der Waals surface area contributed by atoms with Gasteiger partial charge in [-0.2, -0.15) is 0 Å². The van der Waals surface area contributed by atoms with Gasteiger partial charge in [0, 0.05) is 36.6 Å². The predicted octanol–water partition coefficient (Wildman–Crippen LogP) is 6.33. The lowest BCUT2D eigenvalue weighted by atomic mass is 10.1. The number of nitrogens with zero attached hydrogens (tertiary/aromatic N) is 4. The van der Waals surface area contributed by atoms with E-state index in [1.807, 2.05) is 33.4 Å².